The summed E-state index contributed by atoms with van der Waals surface area (Å²) in [7, 11) is 1.40. The zero-order valence-corrected chi connectivity index (χ0v) is 19.9. The fourth-order valence-electron chi connectivity index (χ4n) is 3.35. The molecule has 0 saturated heterocycles. The molecule has 10 nitrogen and oxygen atoms in total. The number of hydrogen-bond acceptors (Lipinski definition) is 8. The lowest BCUT2D eigenvalue weighted by Crippen LogP contribution is -2.33. The summed E-state index contributed by atoms with van der Waals surface area (Å²) in [5.41, 5.74) is 3.16. The molecule has 3 rings (SSSR count). The molecule has 0 spiro atoms. The molecule has 0 aliphatic carbocycles. The number of imidazole rings is 1. The molecule has 2 aromatic heterocycles. The maximum atomic E-state index is 13.4. The monoisotopic (exact) mass is 474 g/mol. The van der Waals surface area contributed by atoms with Crippen molar-refractivity contribution in [2.45, 2.75) is 31.7 Å². The van der Waals surface area contributed by atoms with Crippen LogP contribution >= 0.6 is 0 Å². The predicted molar refractivity (Wildman–Crippen MR) is 122 cm³/mol. The maximum absolute atomic E-state index is 13.4. The van der Waals surface area contributed by atoms with Gasteiger partial charge in [0.2, 0.25) is 5.16 Å². The van der Waals surface area contributed by atoms with Gasteiger partial charge in [0.05, 0.1) is 54.0 Å². The third-order valence-corrected chi connectivity index (χ3v) is 6.16. The van der Waals surface area contributed by atoms with Gasteiger partial charge >= 0.3 is 12.0 Å². The predicted octanol–water partition coefficient (Wildman–Crippen LogP) is 2.49. The summed E-state index contributed by atoms with van der Waals surface area (Å²) in [6.07, 6.45) is 1.66. The number of benzene rings is 1. The number of carbonyl (C=O) groups excluding carboxylic acids is 2. The van der Waals surface area contributed by atoms with Gasteiger partial charge in [-0.15, -0.1) is 0 Å². The van der Waals surface area contributed by atoms with Gasteiger partial charge in [0.15, 0.2) is 0 Å². The van der Waals surface area contributed by atoms with Gasteiger partial charge in [-0.05, 0) is 26.0 Å². The number of methoxy groups -OCH3 is 2. The van der Waals surface area contributed by atoms with E-state index in [2.05, 4.69) is 15.3 Å². The molecule has 0 aliphatic heterocycles. The number of amides is 1. The van der Waals surface area contributed by atoms with Gasteiger partial charge in [-0.1, -0.05) is 0 Å². The van der Waals surface area contributed by atoms with Crippen LogP contribution in [-0.4, -0.2) is 58.1 Å². The summed E-state index contributed by atoms with van der Waals surface area (Å²) < 4.78 is 30.2. The Balaban J connectivity index is 1.97. The first-order chi connectivity index (χ1) is 15.8. The van der Waals surface area contributed by atoms with Crippen LogP contribution in [0.2, 0.25) is 0 Å². The maximum Gasteiger partial charge on any atom is 0.328 e. The van der Waals surface area contributed by atoms with Crippen LogP contribution in [0, 0.1) is 13.8 Å². The van der Waals surface area contributed by atoms with E-state index in [9.17, 15) is 13.8 Å². The molecule has 0 saturated carbocycles. The van der Waals surface area contributed by atoms with Gasteiger partial charge in [-0.2, -0.15) is 0 Å². The first kappa shape index (κ1) is 24.2. The number of ether oxygens (including phenoxy) is 3. The Bertz CT molecular complexity index is 1220. The van der Waals surface area contributed by atoms with Gasteiger partial charge < -0.3 is 19.5 Å². The largest absolute Gasteiger partial charge is 0.497 e. The highest BCUT2D eigenvalue weighted by Crippen LogP contribution is 2.27. The minimum absolute atomic E-state index is 0.0201. The van der Waals surface area contributed by atoms with E-state index in [4.69, 9.17) is 14.2 Å². The smallest absolute Gasteiger partial charge is 0.328 e. The summed E-state index contributed by atoms with van der Waals surface area (Å²) in [6, 6.07) is 4.49. The molecule has 0 aliphatic rings. The molecule has 1 atom stereocenters. The van der Waals surface area contributed by atoms with Crippen LogP contribution in [0.4, 0.5) is 4.79 Å². The minimum Gasteiger partial charge on any atom is -0.497 e. The van der Waals surface area contributed by atoms with Gasteiger partial charge in [0.1, 0.15) is 18.1 Å². The number of nitrogens with one attached hydrogen (secondary N) is 1. The Labute approximate surface area is 193 Å². The van der Waals surface area contributed by atoms with Crippen molar-refractivity contribution in [3.63, 3.8) is 0 Å². The molecule has 0 bridgehead atoms. The molecule has 33 heavy (non-hydrogen) atoms. The van der Waals surface area contributed by atoms with Crippen molar-refractivity contribution in [3.8, 4) is 11.5 Å². The average Bonchev–Trinajstić information content (AvgIpc) is 3.17. The number of fused-ring (bicyclic) bond motifs is 1. The standard InChI is InChI=1S/C22H26N4O6S/c1-13-11-24-18(14(2)20(13)31-5)12-33(29)22-25-17-10-16(30-4)6-7-19(17)26(22)21(28)23-8-9-32-15(3)27/h6-7,10-11H,8-9,12H2,1-5H3,(H,23,28). The Kier molecular flexibility index (Phi) is 7.64. The number of nitrogens with zero attached hydrogens (tertiary/aromatic N) is 3. The SMILES string of the molecule is COc1ccc2c(c1)nc(S(=O)Cc1ncc(C)c(OC)c1C)n2C(=O)NCCOC(C)=O. The zero-order chi connectivity index (χ0) is 24.1. The zero-order valence-electron chi connectivity index (χ0n) is 19.1. The van der Waals surface area contributed by atoms with Crippen LogP contribution in [0.5, 0.6) is 11.5 Å². The molecule has 1 amide bonds. The number of pyridine rings is 1. The van der Waals surface area contributed by atoms with Crippen molar-refractivity contribution in [2.75, 3.05) is 27.4 Å². The summed E-state index contributed by atoms with van der Waals surface area (Å²) in [5, 5.41) is 2.74. The van der Waals surface area contributed by atoms with Crippen LogP contribution in [-0.2, 0) is 26.1 Å². The van der Waals surface area contributed by atoms with E-state index in [0.717, 1.165) is 11.1 Å². The van der Waals surface area contributed by atoms with Crippen molar-refractivity contribution >= 4 is 33.8 Å². The van der Waals surface area contributed by atoms with E-state index in [0.29, 0.717) is 28.2 Å². The van der Waals surface area contributed by atoms with E-state index in [1.807, 2.05) is 13.8 Å². The quantitative estimate of drug-likeness (QED) is 0.390. The Morgan fingerprint density at radius 2 is 1.94 bits per heavy atom. The number of aryl methyl sites for hydroxylation is 1. The summed E-state index contributed by atoms with van der Waals surface area (Å²) in [5.74, 6) is 0.838. The van der Waals surface area contributed by atoms with Crippen LogP contribution in [0.1, 0.15) is 23.7 Å². The Hall–Kier alpha value is -3.47. The highest BCUT2D eigenvalue weighted by molar-refractivity contribution is 7.84. The van der Waals surface area contributed by atoms with Crippen molar-refractivity contribution < 1.29 is 28.0 Å². The van der Waals surface area contributed by atoms with Gasteiger partial charge in [0, 0.05) is 30.3 Å². The fourth-order valence-corrected chi connectivity index (χ4v) is 4.60. The van der Waals surface area contributed by atoms with Crippen molar-refractivity contribution in [3.05, 3.63) is 41.2 Å². The molecule has 11 heteroatoms. The van der Waals surface area contributed by atoms with Crippen LogP contribution in [0.3, 0.4) is 0 Å². The topological polar surface area (TPSA) is 122 Å². The van der Waals surface area contributed by atoms with E-state index >= 15 is 0 Å². The van der Waals surface area contributed by atoms with Crippen LogP contribution in [0.25, 0.3) is 11.0 Å². The Morgan fingerprint density at radius 1 is 1.18 bits per heavy atom. The lowest BCUT2D eigenvalue weighted by molar-refractivity contribution is -0.140. The Morgan fingerprint density at radius 3 is 2.61 bits per heavy atom. The molecule has 3 aromatic rings. The van der Waals surface area contributed by atoms with Gasteiger partial charge in [0.25, 0.3) is 0 Å². The van der Waals surface area contributed by atoms with E-state index in [1.165, 1.54) is 18.6 Å². The normalized spacial score (nSPS) is 11.8. The van der Waals surface area contributed by atoms with Crippen molar-refractivity contribution in [1.82, 2.24) is 19.9 Å². The lowest BCUT2D eigenvalue weighted by Gasteiger charge is -2.13. The molecule has 176 valence electrons. The van der Waals surface area contributed by atoms with Crippen molar-refractivity contribution in [2.24, 2.45) is 0 Å². The lowest BCUT2D eigenvalue weighted by atomic mass is 10.1. The molecule has 0 radical (unpaired) electrons. The summed E-state index contributed by atoms with van der Waals surface area (Å²) in [6.45, 7) is 5.13. The number of hydrogen-bond donors (Lipinski definition) is 1. The first-order valence-corrected chi connectivity index (χ1v) is 11.4. The highest BCUT2D eigenvalue weighted by atomic mass is 32.2. The minimum atomic E-state index is -1.70. The third kappa shape index (κ3) is 5.30. The molecular weight excluding hydrogens is 448 g/mol. The molecule has 2 heterocycles. The molecule has 0 fully saturated rings. The second kappa shape index (κ2) is 10.4. The summed E-state index contributed by atoms with van der Waals surface area (Å²) >= 11 is 0. The van der Waals surface area contributed by atoms with Crippen molar-refractivity contribution in [1.29, 1.82) is 0 Å². The first-order valence-electron chi connectivity index (χ1n) is 10.1. The molecule has 1 N–H and O–H groups in total. The van der Waals surface area contributed by atoms with E-state index in [1.54, 1.807) is 31.5 Å². The fraction of sp³-hybridized carbons (Fsp3) is 0.364. The number of carbonyl (C=O) groups is 2. The van der Waals surface area contributed by atoms with Crippen LogP contribution < -0.4 is 14.8 Å². The second-order valence-electron chi connectivity index (χ2n) is 7.19. The third-order valence-electron chi connectivity index (χ3n) is 4.94. The van der Waals surface area contributed by atoms with E-state index < -0.39 is 22.8 Å². The highest BCUT2D eigenvalue weighted by Gasteiger charge is 2.23. The molecular formula is C22H26N4O6S. The second-order valence-corrected chi connectivity index (χ2v) is 8.54. The summed E-state index contributed by atoms with van der Waals surface area (Å²) in [4.78, 5) is 32.8. The van der Waals surface area contributed by atoms with Gasteiger partial charge in [-0.3, -0.25) is 14.0 Å². The number of aromatic nitrogens is 3. The van der Waals surface area contributed by atoms with Gasteiger partial charge in [-0.25, -0.2) is 14.3 Å². The number of rotatable bonds is 8. The number of esters is 1. The van der Waals surface area contributed by atoms with E-state index in [-0.39, 0.29) is 24.1 Å². The molecule has 1 aromatic carbocycles. The average molecular weight is 475 g/mol. The molecule has 1 unspecified atom stereocenters. The van der Waals surface area contributed by atoms with Crippen LogP contribution in [0.15, 0.2) is 29.6 Å².